The molecule has 0 aromatic carbocycles. The minimum atomic E-state index is -0.232. The molecule has 6 heteroatoms. The number of nitrogens with one attached hydrogen (secondary N) is 2. The normalized spacial score (nSPS) is 10.6. The highest BCUT2D eigenvalue weighted by atomic mass is 32.1. The number of rotatable bonds is 5. The van der Waals surface area contributed by atoms with Gasteiger partial charge in [0.15, 0.2) is 5.69 Å². The fourth-order valence-electron chi connectivity index (χ4n) is 1.91. The van der Waals surface area contributed by atoms with E-state index in [0.29, 0.717) is 12.2 Å². The fraction of sp³-hybridized carbons (Fsp3) is 0.385. The van der Waals surface area contributed by atoms with Crippen LogP contribution in [0, 0.1) is 0 Å². The first kappa shape index (κ1) is 13.6. The van der Waals surface area contributed by atoms with E-state index in [-0.39, 0.29) is 11.6 Å². The third kappa shape index (κ3) is 2.78. The SMILES string of the molecule is CCc1ccsc1CNC(=O)c1n[nH]c(CC)c1N. The molecule has 2 heterocycles. The zero-order chi connectivity index (χ0) is 13.8. The van der Waals surface area contributed by atoms with Gasteiger partial charge in [0.25, 0.3) is 5.91 Å². The third-order valence-electron chi connectivity index (χ3n) is 3.08. The minimum absolute atomic E-state index is 0.232. The van der Waals surface area contributed by atoms with Gasteiger partial charge in [-0.15, -0.1) is 11.3 Å². The molecule has 4 N–H and O–H groups in total. The Kier molecular flexibility index (Phi) is 4.21. The summed E-state index contributed by atoms with van der Waals surface area (Å²) >= 11 is 1.65. The average Bonchev–Trinajstić information content (AvgIpc) is 3.01. The lowest BCUT2D eigenvalue weighted by molar-refractivity contribution is 0.0947. The van der Waals surface area contributed by atoms with Gasteiger partial charge in [0.2, 0.25) is 0 Å². The van der Waals surface area contributed by atoms with Crippen molar-refractivity contribution in [1.29, 1.82) is 0 Å². The minimum Gasteiger partial charge on any atom is -0.395 e. The van der Waals surface area contributed by atoms with Crippen LogP contribution in [-0.2, 0) is 19.4 Å². The van der Waals surface area contributed by atoms with E-state index in [0.717, 1.165) is 18.5 Å². The zero-order valence-electron chi connectivity index (χ0n) is 11.1. The summed E-state index contributed by atoms with van der Waals surface area (Å²) in [6, 6.07) is 2.09. The lowest BCUT2D eigenvalue weighted by Crippen LogP contribution is -2.24. The summed E-state index contributed by atoms with van der Waals surface area (Å²) in [5, 5.41) is 11.7. The van der Waals surface area contributed by atoms with E-state index in [1.54, 1.807) is 11.3 Å². The van der Waals surface area contributed by atoms with Crippen molar-refractivity contribution in [2.24, 2.45) is 0 Å². The van der Waals surface area contributed by atoms with Crippen molar-refractivity contribution in [1.82, 2.24) is 15.5 Å². The molecule has 0 aliphatic rings. The van der Waals surface area contributed by atoms with Crippen LogP contribution in [0.25, 0.3) is 0 Å². The number of nitrogen functional groups attached to an aromatic ring is 1. The Morgan fingerprint density at radius 3 is 2.89 bits per heavy atom. The highest BCUT2D eigenvalue weighted by Crippen LogP contribution is 2.18. The zero-order valence-corrected chi connectivity index (χ0v) is 11.9. The molecular weight excluding hydrogens is 260 g/mol. The van der Waals surface area contributed by atoms with Crippen LogP contribution in [0.1, 0.15) is 40.5 Å². The lowest BCUT2D eigenvalue weighted by Gasteiger charge is -2.04. The smallest absolute Gasteiger partial charge is 0.274 e. The molecule has 5 nitrogen and oxygen atoms in total. The first-order chi connectivity index (χ1) is 9.17. The van der Waals surface area contributed by atoms with Gasteiger partial charge in [-0.2, -0.15) is 5.10 Å². The first-order valence-electron chi connectivity index (χ1n) is 6.33. The lowest BCUT2D eigenvalue weighted by atomic mass is 10.2. The van der Waals surface area contributed by atoms with Crippen LogP contribution >= 0.6 is 11.3 Å². The first-order valence-corrected chi connectivity index (χ1v) is 7.21. The molecule has 0 bridgehead atoms. The van der Waals surface area contributed by atoms with Crippen LogP contribution in [-0.4, -0.2) is 16.1 Å². The highest BCUT2D eigenvalue weighted by molar-refractivity contribution is 7.10. The molecule has 0 aliphatic carbocycles. The van der Waals surface area contributed by atoms with Crippen LogP contribution in [0.15, 0.2) is 11.4 Å². The summed E-state index contributed by atoms with van der Waals surface area (Å²) in [4.78, 5) is 13.2. The number of carbonyl (C=O) groups excluding carboxylic acids is 1. The van der Waals surface area contributed by atoms with E-state index in [1.807, 2.05) is 12.3 Å². The van der Waals surface area contributed by atoms with E-state index < -0.39 is 0 Å². The maximum atomic E-state index is 12.0. The molecule has 102 valence electrons. The molecule has 0 aliphatic heterocycles. The number of nitrogens with two attached hydrogens (primary N) is 1. The summed E-state index contributed by atoms with van der Waals surface area (Å²) < 4.78 is 0. The van der Waals surface area contributed by atoms with Crippen molar-refractivity contribution in [2.75, 3.05) is 5.73 Å². The maximum Gasteiger partial charge on any atom is 0.274 e. The average molecular weight is 278 g/mol. The number of nitrogens with zero attached hydrogens (tertiary/aromatic N) is 1. The van der Waals surface area contributed by atoms with Crippen LogP contribution in [0.4, 0.5) is 5.69 Å². The fourth-order valence-corrected chi connectivity index (χ4v) is 2.83. The van der Waals surface area contributed by atoms with Gasteiger partial charge in [-0.1, -0.05) is 13.8 Å². The number of hydrogen-bond donors (Lipinski definition) is 3. The van der Waals surface area contributed by atoms with Crippen LogP contribution in [0.2, 0.25) is 0 Å². The van der Waals surface area contributed by atoms with Gasteiger partial charge in [-0.05, 0) is 29.9 Å². The van der Waals surface area contributed by atoms with Gasteiger partial charge < -0.3 is 11.1 Å². The van der Waals surface area contributed by atoms with Crippen molar-refractivity contribution in [2.45, 2.75) is 33.2 Å². The number of hydrogen-bond acceptors (Lipinski definition) is 4. The second-order valence-corrected chi connectivity index (χ2v) is 5.22. The number of amides is 1. The van der Waals surface area contributed by atoms with E-state index in [9.17, 15) is 4.79 Å². The van der Waals surface area contributed by atoms with Gasteiger partial charge in [0, 0.05) is 4.88 Å². The van der Waals surface area contributed by atoms with E-state index in [4.69, 9.17) is 5.73 Å². The van der Waals surface area contributed by atoms with Gasteiger partial charge >= 0.3 is 0 Å². The topological polar surface area (TPSA) is 83.8 Å². The number of H-pyrrole nitrogens is 1. The Labute approximate surface area is 116 Å². The summed E-state index contributed by atoms with van der Waals surface area (Å²) in [6.45, 7) is 4.59. The molecule has 2 aromatic rings. The van der Waals surface area contributed by atoms with Gasteiger partial charge in [0.05, 0.1) is 17.9 Å². The second-order valence-electron chi connectivity index (χ2n) is 4.22. The molecule has 0 atom stereocenters. The Hall–Kier alpha value is -1.82. The molecular formula is C13H18N4OS. The van der Waals surface area contributed by atoms with Gasteiger partial charge in [-0.3, -0.25) is 9.89 Å². The van der Waals surface area contributed by atoms with Crippen molar-refractivity contribution >= 4 is 22.9 Å². The number of aromatic nitrogens is 2. The molecule has 0 saturated heterocycles. The molecule has 2 rings (SSSR count). The van der Waals surface area contributed by atoms with Gasteiger partial charge in [-0.25, -0.2) is 0 Å². The Balaban J connectivity index is 2.03. The monoisotopic (exact) mass is 278 g/mol. The van der Waals surface area contributed by atoms with E-state index in [2.05, 4.69) is 28.5 Å². The maximum absolute atomic E-state index is 12.0. The second kappa shape index (κ2) is 5.88. The van der Waals surface area contributed by atoms with Gasteiger partial charge in [0.1, 0.15) is 0 Å². The van der Waals surface area contributed by atoms with E-state index >= 15 is 0 Å². The van der Waals surface area contributed by atoms with Crippen molar-refractivity contribution in [3.05, 3.63) is 33.3 Å². The molecule has 0 radical (unpaired) electrons. The molecule has 0 fully saturated rings. The van der Waals surface area contributed by atoms with Crippen LogP contribution < -0.4 is 11.1 Å². The summed E-state index contributed by atoms with van der Waals surface area (Å²) in [5.74, 6) is -0.232. The summed E-state index contributed by atoms with van der Waals surface area (Å²) in [7, 11) is 0. The number of aryl methyl sites for hydroxylation is 2. The largest absolute Gasteiger partial charge is 0.395 e. The molecule has 0 spiro atoms. The molecule has 1 amide bonds. The quantitative estimate of drug-likeness (QED) is 0.783. The number of aromatic amines is 1. The Bertz CT molecular complexity index is 573. The molecule has 0 unspecified atom stereocenters. The van der Waals surface area contributed by atoms with Crippen molar-refractivity contribution in [3.63, 3.8) is 0 Å². The number of thiophene rings is 1. The summed E-state index contributed by atoms with van der Waals surface area (Å²) in [6.07, 6.45) is 1.70. The predicted octanol–water partition coefficient (Wildman–Crippen LogP) is 2.11. The van der Waals surface area contributed by atoms with Crippen LogP contribution in [0.5, 0.6) is 0 Å². The highest BCUT2D eigenvalue weighted by Gasteiger charge is 2.16. The van der Waals surface area contributed by atoms with Crippen molar-refractivity contribution in [3.8, 4) is 0 Å². The standard InChI is InChI=1S/C13H18N4OS/c1-3-8-5-6-19-10(8)7-15-13(18)12-11(14)9(4-2)16-17-12/h5-6H,3-4,7,14H2,1-2H3,(H,15,18)(H,16,17). The number of anilines is 1. The van der Waals surface area contributed by atoms with Crippen molar-refractivity contribution < 1.29 is 4.79 Å². The number of carbonyl (C=O) groups is 1. The molecule has 2 aromatic heterocycles. The van der Waals surface area contributed by atoms with Crippen LogP contribution in [0.3, 0.4) is 0 Å². The third-order valence-corrected chi connectivity index (χ3v) is 4.04. The summed E-state index contributed by atoms with van der Waals surface area (Å²) in [5.41, 5.74) is 8.67. The van der Waals surface area contributed by atoms with E-state index in [1.165, 1.54) is 10.4 Å². The predicted molar refractivity (Wildman–Crippen MR) is 77.2 cm³/mol. The molecule has 19 heavy (non-hydrogen) atoms. The molecule has 0 saturated carbocycles. The Morgan fingerprint density at radius 1 is 1.47 bits per heavy atom. The Morgan fingerprint density at radius 2 is 2.26 bits per heavy atom.